The van der Waals surface area contributed by atoms with Crippen molar-refractivity contribution in [2.24, 2.45) is 52.3 Å². The van der Waals surface area contributed by atoms with E-state index < -0.39 is 18.3 Å². The predicted octanol–water partition coefficient (Wildman–Crippen LogP) is 3.13. The minimum atomic E-state index is -0.856. The molecule has 0 amide bonds. The molecule has 0 heterocycles. The van der Waals surface area contributed by atoms with Crippen molar-refractivity contribution in [2.75, 3.05) is 6.61 Å². The molecule has 0 radical (unpaired) electrons. The summed E-state index contributed by atoms with van der Waals surface area (Å²) in [6.07, 6.45) is 7.71. The highest BCUT2D eigenvalue weighted by Gasteiger charge is 2.65. The van der Waals surface area contributed by atoms with E-state index in [2.05, 4.69) is 39.8 Å². The zero-order valence-electron chi connectivity index (χ0n) is 20.4. The summed E-state index contributed by atoms with van der Waals surface area (Å²) in [5.41, 5.74) is -0.147. The summed E-state index contributed by atoms with van der Waals surface area (Å²) in [5, 5.41) is 52.7. The highest BCUT2D eigenvalue weighted by molar-refractivity contribution is 5.15. The standard InChI is InChI=1S/C27H46O5/c1-15(9-12-28)5-6-16(2)19-14-22(31)23-17-13-21(30)24-25(32)20(29)8-11-26(24,3)18(17)7-10-27(19,23)4/h5-6,15-25,28-32H,7-14H2,1-4H3/b6-5-/t15?,16-,17-,18+,19-,20+,21+,22-,23-,24+,25?,26-,27-/m1/s1. The molecule has 0 saturated heterocycles. The molecule has 0 aromatic heterocycles. The number of fused-ring (bicyclic) bond motifs is 5. The fourth-order valence-electron chi connectivity index (χ4n) is 9.11. The van der Waals surface area contributed by atoms with Gasteiger partial charge in [0.15, 0.2) is 0 Å². The van der Waals surface area contributed by atoms with Crippen molar-refractivity contribution in [2.45, 2.75) is 97.1 Å². The zero-order valence-corrected chi connectivity index (χ0v) is 20.4. The molecule has 184 valence electrons. The first-order valence-electron chi connectivity index (χ1n) is 13.1. The van der Waals surface area contributed by atoms with Crippen LogP contribution >= 0.6 is 0 Å². The van der Waals surface area contributed by atoms with Crippen molar-refractivity contribution in [1.82, 2.24) is 0 Å². The Morgan fingerprint density at radius 3 is 2.19 bits per heavy atom. The van der Waals surface area contributed by atoms with Gasteiger partial charge in [0.05, 0.1) is 24.4 Å². The Morgan fingerprint density at radius 1 is 0.844 bits per heavy atom. The van der Waals surface area contributed by atoms with Gasteiger partial charge in [-0.05, 0) is 91.3 Å². The van der Waals surface area contributed by atoms with E-state index in [4.69, 9.17) is 0 Å². The van der Waals surface area contributed by atoms with Gasteiger partial charge in [0.1, 0.15) is 0 Å². The van der Waals surface area contributed by atoms with Crippen molar-refractivity contribution in [3.05, 3.63) is 12.2 Å². The molecule has 2 unspecified atom stereocenters. The van der Waals surface area contributed by atoms with E-state index in [9.17, 15) is 25.5 Å². The van der Waals surface area contributed by atoms with Crippen LogP contribution in [0, 0.1) is 52.3 Å². The Bertz CT molecular complexity index is 696. The summed E-state index contributed by atoms with van der Waals surface area (Å²) in [4.78, 5) is 0. The van der Waals surface area contributed by atoms with Gasteiger partial charge in [-0.2, -0.15) is 0 Å². The SMILES string of the molecule is CC(/C=C\[C@@H](C)[C@H]1C[C@@H](O)[C@H]2[C@@H]3C[C@H](O)[C@H]4C(O)[C@@H](O)CC[C@]4(C)[C@H]3CC[C@@]21C)CCO. The van der Waals surface area contributed by atoms with Crippen LogP contribution in [0.1, 0.15) is 72.6 Å². The molecule has 0 spiro atoms. The summed E-state index contributed by atoms with van der Waals surface area (Å²) < 4.78 is 0. The predicted molar refractivity (Wildman–Crippen MR) is 125 cm³/mol. The van der Waals surface area contributed by atoms with Crippen LogP contribution in [-0.2, 0) is 0 Å². The number of hydrogen-bond acceptors (Lipinski definition) is 5. The van der Waals surface area contributed by atoms with Crippen LogP contribution < -0.4 is 0 Å². The van der Waals surface area contributed by atoms with Crippen molar-refractivity contribution in [3.63, 3.8) is 0 Å². The minimum Gasteiger partial charge on any atom is -0.396 e. The summed E-state index contributed by atoms with van der Waals surface area (Å²) in [6.45, 7) is 9.21. The molecule has 0 aliphatic heterocycles. The van der Waals surface area contributed by atoms with Crippen LogP contribution in [0.2, 0.25) is 0 Å². The van der Waals surface area contributed by atoms with Crippen molar-refractivity contribution in [3.8, 4) is 0 Å². The zero-order chi connectivity index (χ0) is 23.4. The Balaban J connectivity index is 1.58. The molecule has 5 N–H and O–H groups in total. The number of allylic oxidation sites excluding steroid dienone is 2. The third-order valence-electron chi connectivity index (χ3n) is 10.7. The molecule has 4 fully saturated rings. The topological polar surface area (TPSA) is 101 Å². The maximum absolute atomic E-state index is 11.3. The normalized spacial score (nSPS) is 52.8. The van der Waals surface area contributed by atoms with Gasteiger partial charge in [0, 0.05) is 12.5 Å². The molecule has 5 nitrogen and oxygen atoms in total. The lowest BCUT2D eigenvalue weighted by atomic mass is 9.43. The number of aliphatic hydroxyl groups is 5. The van der Waals surface area contributed by atoms with Crippen LogP contribution in [-0.4, -0.2) is 56.6 Å². The molecule has 4 saturated carbocycles. The fraction of sp³-hybridized carbons (Fsp3) is 0.926. The first kappa shape index (κ1) is 24.7. The fourth-order valence-corrected chi connectivity index (χ4v) is 9.11. The van der Waals surface area contributed by atoms with Gasteiger partial charge < -0.3 is 25.5 Å². The van der Waals surface area contributed by atoms with Crippen LogP contribution in [0.4, 0.5) is 0 Å². The maximum atomic E-state index is 11.3. The van der Waals surface area contributed by atoms with Gasteiger partial charge in [-0.3, -0.25) is 0 Å². The van der Waals surface area contributed by atoms with E-state index in [1.165, 1.54) is 0 Å². The van der Waals surface area contributed by atoms with Gasteiger partial charge in [-0.1, -0.05) is 39.8 Å². The highest BCUT2D eigenvalue weighted by Crippen LogP contribution is 2.68. The minimum absolute atomic E-state index is 0.0419. The third-order valence-corrected chi connectivity index (χ3v) is 10.7. The van der Waals surface area contributed by atoms with E-state index in [0.717, 1.165) is 32.1 Å². The summed E-state index contributed by atoms with van der Waals surface area (Å²) in [7, 11) is 0. The lowest BCUT2D eigenvalue weighted by Gasteiger charge is -2.63. The van der Waals surface area contributed by atoms with Gasteiger partial charge in [-0.25, -0.2) is 0 Å². The van der Waals surface area contributed by atoms with Gasteiger partial charge in [0.2, 0.25) is 0 Å². The van der Waals surface area contributed by atoms with Gasteiger partial charge in [0.25, 0.3) is 0 Å². The molecule has 0 bridgehead atoms. The first-order chi connectivity index (χ1) is 15.0. The molecule has 4 aliphatic rings. The average Bonchev–Trinajstić information content (AvgIpc) is 3.00. The van der Waals surface area contributed by atoms with Crippen molar-refractivity contribution < 1.29 is 25.5 Å². The second-order valence-electron chi connectivity index (χ2n) is 12.4. The highest BCUT2D eigenvalue weighted by atomic mass is 16.3. The molecule has 32 heavy (non-hydrogen) atoms. The maximum Gasteiger partial charge on any atom is 0.0857 e. The van der Waals surface area contributed by atoms with E-state index in [1.54, 1.807) is 0 Å². The number of rotatable bonds is 5. The van der Waals surface area contributed by atoms with Crippen LogP contribution in [0.15, 0.2) is 12.2 Å². The lowest BCUT2D eigenvalue weighted by molar-refractivity contribution is -0.217. The first-order valence-corrected chi connectivity index (χ1v) is 13.1. The van der Waals surface area contributed by atoms with Crippen LogP contribution in [0.25, 0.3) is 0 Å². The Morgan fingerprint density at radius 2 is 1.50 bits per heavy atom. The summed E-state index contributed by atoms with van der Waals surface area (Å²) in [5.74, 6) is 1.65. The van der Waals surface area contributed by atoms with Crippen LogP contribution in [0.5, 0.6) is 0 Å². The van der Waals surface area contributed by atoms with Crippen molar-refractivity contribution in [1.29, 1.82) is 0 Å². The molecule has 4 rings (SSSR count). The van der Waals surface area contributed by atoms with Gasteiger partial charge >= 0.3 is 0 Å². The number of aliphatic hydroxyl groups excluding tert-OH is 5. The quantitative estimate of drug-likeness (QED) is 0.414. The molecular formula is C27H46O5. The van der Waals surface area contributed by atoms with E-state index in [-0.39, 0.29) is 41.3 Å². The molecule has 5 heteroatoms. The van der Waals surface area contributed by atoms with E-state index >= 15 is 0 Å². The molecule has 4 aliphatic carbocycles. The molecular weight excluding hydrogens is 404 g/mol. The Kier molecular flexibility index (Phi) is 6.90. The smallest absolute Gasteiger partial charge is 0.0857 e. The third kappa shape index (κ3) is 3.80. The van der Waals surface area contributed by atoms with E-state index in [0.29, 0.717) is 36.5 Å². The monoisotopic (exact) mass is 450 g/mol. The largest absolute Gasteiger partial charge is 0.396 e. The lowest BCUT2D eigenvalue weighted by Crippen LogP contribution is -2.63. The number of hydrogen-bond donors (Lipinski definition) is 5. The molecule has 13 atom stereocenters. The van der Waals surface area contributed by atoms with E-state index in [1.807, 2.05) is 0 Å². The second kappa shape index (κ2) is 8.96. The van der Waals surface area contributed by atoms with Crippen LogP contribution in [0.3, 0.4) is 0 Å². The van der Waals surface area contributed by atoms with Gasteiger partial charge in [-0.15, -0.1) is 0 Å². The molecule has 0 aromatic carbocycles. The Labute approximate surface area is 193 Å². The van der Waals surface area contributed by atoms with Crippen molar-refractivity contribution >= 4 is 0 Å². The summed E-state index contributed by atoms with van der Waals surface area (Å²) in [6, 6.07) is 0. The Hall–Kier alpha value is -0.460. The summed E-state index contributed by atoms with van der Waals surface area (Å²) >= 11 is 0. The molecule has 0 aromatic rings. The second-order valence-corrected chi connectivity index (χ2v) is 12.4. The average molecular weight is 451 g/mol.